The molecule has 1 aromatic carbocycles. The molecule has 2 N–H and O–H groups in total. The number of pyridine rings is 1. The van der Waals surface area contributed by atoms with Crippen molar-refractivity contribution in [2.45, 2.75) is 26.3 Å². The Bertz CT molecular complexity index is 1460. The summed E-state index contributed by atoms with van der Waals surface area (Å²) in [5.74, 6) is 1.73. The number of hydrogen-bond donors (Lipinski definition) is 2. The number of carbonyl (C=O) groups is 1. The summed E-state index contributed by atoms with van der Waals surface area (Å²) >= 11 is 6.61. The Kier molecular flexibility index (Phi) is 6.16. The van der Waals surface area contributed by atoms with Crippen LogP contribution in [0.5, 0.6) is 5.88 Å². The van der Waals surface area contributed by atoms with Gasteiger partial charge in [0, 0.05) is 38.1 Å². The fraction of sp³-hybridized carbons (Fsp3) is 0.400. The number of oxazole rings is 1. The fourth-order valence-electron chi connectivity index (χ4n) is 5.01. The van der Waals surface area contributed by atoms with Crippen LogP contribution in [0, 0.1) is 12.8 Å². The topological polar surface area (TPSA) is 118 Å². The van der Waals surface area contributed by atoms with Crippen molar-refractivity contribution in [3.8, 4) is 5.88 Å². The zero-order valence-corrected chi connectivity index (χ0v) is 20.6. The summed E-state index contributed by atoms with van der Waals surface area (Å²) in [4.78, 5) is 31.8. The third-order valence-corrected chi connectivity index (χ3v) is 7.05. The van der Waals surface area contributed by atoms with Gasteiger partial charge in [-0.2, -0.15) is 0 Å². The number of nitrogens with zero attached hydrogens (tertiary/aromatic N) is 5. The lowest BCUT2D eigenvalue weighted by Crippen LogP contribution is -2.29. The molecule has 0 unspecified atom stereocenters. The van der Waals surface area contributed by atoms with Gasteiger partial charge >= 0.3 is 0 Å². The van der Waals surface area contributed by atoms with E-state index >= 15 is 0 Å². The highest BCUT2D eigenvalue weighted by molar-refractivity contribution is 6.32. The molecule has 186 valence electrons. The minimum atomic E-state index is -0.213. The molecule has 0 aliphatic carbocycles. The van der Waals surface area contributed by atoms with Crippen LogP contribution >= 0.6 is 11.6 Å². The van der Waals surface area contributed by atoms with E-state index in [2.05, 4.69) is 35.5 Å². The predicted molar refractivity (Wildman–Crippen MR) is 135 cm³/mol. The first-order valence-electron chi connectivity index (χ1n) is 12.1. The van der Waals surface area contributed by atoms with Gasteiger partial charge in [0.25, 0.3) is 11.8 Å². The molecule has 0 spiro atoms. The van der Waals surface area contributed by atoms with E-state index in [-0.39, 0.29) is 12.5 Å². The van der Waals surface area contributed by atoms with Gasteiger partial charge in [0.15, 0.2) is 23.9 Å². The molecule has 1 atom stereocenters. The van der Waals surface area contributed by atoms with Gasteiger partial charge in [0.1, 0.15) is 5.52 Å². The number of hydrogen-bond acceptors (Lipinski definition) is 9. The Morgan fingerprint density at radius 1 is 1.25 bits per heavy atom. The number of nitrogens with one attached hydrogen (secondary N) is 2. The number of benzene rings is 1. The van der Waals surface area contributed by atoms with Crippen LogP contribution in [0.15, 0.2) is 28.9 Å². The maximum absolute atomic E-state index is 11.5. The van der Waals surface area contributed by atoms with Gasteiger partial charge in [-0.3, -0.25) is 9.78 Å². The quantitative estimate of drug-likeness (QED) is 0.389. The van der Waals surface area contributed by atoms with Crippen molar-refractivity contribution in [1.82, 2.24) is 30.2 Å². The van der Waals surface area contributed by atoms with Crippen LogP contribution in [-0.4, -0.2) is 63.5 Å². The molecule has 0 bridgehead atoms. The minimum Gasteiger partial charge on any atom is -0.465 e. The first kappa shape index (κ1) is 23.1. The highest BCUT2D eigenvalue weighted by atomic mass is 35.5. The molecule has 11 heteroatoms. The van der Waals surface area contributed by atoms with E-state index in [1.807, 2.05) is 19.1 Å². The molecular weight excluding hydrogens is 482 g/mol. The second-order valence-electron chi connectivity index (χ2n) is 9.31. The Hall–Kier alpha value is -3.34. The highest BCUT2D eigenvalue weighted by Crippen LogP contribution is 2.32. The maximum Gasteiger partial charge on any atom is 0.263 e. The molecule has 2 aliphatic rings. The number of ether oxygens (including phenoxy) is 1. The molecule has 36 heavy (non-hydrogen) atoms. The average molecular weight is 508 g/mol. The molecule has 3 aromatic heterocycles. The van der Waals surface area contributed by atoms with Crippen molar-refractivity contribution < 1.29 is 13.9 Å². The third kappa shape index (κ3) is 4.59. The predicted octanol–water partition coefficient (Wildman–Crippen LogP) is 3.11. The summed E-state index contributed by atoms with van der Waals surface area (Å²) in [6.45, 7) is 6.28. The van der Waals surface area contributed by atoms with E-state index in [9.17, 15) is 4.79 Å². The van der Waals surface area contributed by atoms with Crippen LogP contribution in [0.1, 0.15) is 23.6 Å². The largest absolute Gasteiger partial charge is 0.465 e. The fourth-order valence-corrected chi connectivity index (χ4v) is 5.25. The van der Waals surface area contributed by atoms with Gasteiger partial charge in [0.05, 0.1) is 22.4 Å². The van der Waals surface area contributed by atoms with Crippen molar-refractivity contribution in [3.05, 3.63) is 46.7 Å². The molecule has 1 fully saturated rings. The monoisotopic (exact) mass is 507 g/mol. The summed E-state index contributed by atoms with van der Waals surface area (Å²) in [5, 5.41) is 7.83. The van der Waals surface area contributed by atoms with Crippen molar-refractivity contribution in [3.63, 3.8) is 0 Å². The first-order valence-corrected chi connectivity index (χ1v) is 12.5. The smallest absolute Gasteiger partial charge is 0.263 e. The molecule has 5 heterocycles. The van der Waals surface area contributed by atoms with Crippen molar-refractivity contribution in [2.24, 2.45) is 5.92 Å². The standard InChI is InChI=1S/C25H26ClN7O3/c1-14-30-23-20(36-14)3-2-19-22(23)17(18(26)11-28-19)5-7-33-6-4-15(12-33)8-27-9-16-10-29-25-24(31-16)32-21(34)13-35-25/h2-3,10-11,15,27H,4-9,12-13H2,1H3,(H,31,32,34)/t15-/m0/s1. The van der Waals surface area contributed by atoms with E-state index in [4.69, 9.17) is 20.8 Å². The zero-order valence-electron chi connectivity index (χ0n) is 19.9. The minimum absolute atomic E-state index is 0.0225. The molecule has 0 saturated carbocycles. The lowest BCUT2D eigenvalue weighted by molar-refractivity contribution is -0.118. The molecule has 2 aliphatic heterocycles. The van der Waals surface area contributed by atoms with Gasteiger partial charge in [-0.15, -0.1) is 0 Å². The Morgan fingerprint density at radius 3 is 3.08 bits per heavy atom. The van der Waals surface area contributed by atoms with E-state index in [0.29, 0.717) is 35.1 Å². The molecular formula is C25H26ClN7O3. The van der Waals surface area contributed by atoms with Crippen LogP contribution in [-0.2, 0) is 17.8 Å². The Balaban J connectivity index is 1.05. The van der Waals surface area contributed by atoms with E-state index in [1.54, 1.807) is 12.4 Å². The van der Waals surface area contributed by atoms with Crippen LogP contribution in [0.25, 0.3) is 22.0 Å². The van der Waals surface area contributed by atoms with Crippen LogP contribution in [0.2, 0.25) is 5.02 Å². The van der Waals surface area contributed by atoms with E-state index < -0.39 is 0 Å². The normalized spacial score (nSPS) is 17.9. The zero-order chi connectivity index (χ0) is 24.6. The second kappa shape index (κ2) is 9.61. The first-order chi connectivity index (χ1) is 17.5. The van der Waals surface area contributed by atoms with E-state index in [0.717, 1.165) is 72.3 Å². The van der Waals surface area contributed by atoms with Gasteiger partial charge in [-0.05, 0) is 49.5 Å². The summed E-state index contributed by atoms with van der Waals surface area (Å²) < 4.78 is 11.0. The maximum atomic E-state index is 11.5. The highest BCUT2D eigenvalue weighted by Gasteiger charge is 2.24. The summed E-state index contributed by atoms with van der Waals surface area (Å²) in [7, 11) is 0. The number of halogens is 1. The third-order valence-electron chi connectivity index (χ3n) is 6.73. The molecule has 0 radical (unpaired) electrons. The average Bonchev–Trinajstić information content (AvgIpc) is 3.48. The molecule has 10 nitrogen and oxygen atoms in total. The number of aryl methyl sites for hydroxylation is 1. The summed E-state index contributed by atoms with van der Waals surface area (Å²) in [6, 6.07) is 3.88. The van der Waals surface area contributed by atoms with Crippen molar-refractivity contribution in [1.29, 1.82) is 0 Å². The molecule has 1 amide bonds. The van der Waals surface area contributed by atoms with Crippen LogP contribution in [0.4, 0.5) is 5.82 Å². The van der Waals surface area contributed by atoms with Gasteiger partial charge in [0.2, 0.25) is 0 Å². The SMILES string of the molecule is Cc1nc2c(ccc3ncc(Cl)c(CCN4CC[C@@H](CNCc5cnc6c(n5)NC(=O)CO6)C4)c32)o1. The summed E-state index contributed by atoms with van der Waals surface area (Å²) in [5.41, 5.74) is 4.31. The lowest BCUT2D eigenvalue weighted by atomic mass is 10.0. The lowest BCUT2D eigenvalue weighted by Gasteiger charge is -2.18. The number of anilines is 1. The van der Waals surface area contributed by atoms with Crippen molar-refractivity contribution >= 4 is 45.3 Å². The van der Waals surface area contributed by atoms with Crippen molar-refractivity contribution in [2.75, 3.05) is 38.1 Å². The second-order valence-corrected chi connectivity index (χ2v) is 9.72. The molecule has 4 aromatic rings. The van der Waals surface area contributed by atoms with Crippen LogP contribution < -0.4 is 15.4 Å². The Labute approximate surface area is 212 Å². The van der Waals surface area contributed by atoms with E-state index in [1.165, 1.54) is 0 Å². The number of fused-ring (bicyclic) bond motifs is 4. The number of aromatic nitrogens is 4. The number of rotatable bonds is 7. The molecule has 6 rings (SSSR count). The number of likely N-dealkylation sites (tertiary alicyclic amines) is 1. The number of carbonyl (C=O) groups excluding carboxylic acids is 1. The molecule has 1 saturated heterocycles. The summed E-state index contributed by atoms with van der Waals surface area (Å²) in [6.07, 6.45) is 5.36. The van der Waals surface area contributed by atoms with Gasteiger partial charge < -0.3 is 24.7 Å². The van der Waals surface area contributed by atoms with Gasteiger partial charge in [-0.25, -0.2) is 15.0 Å². The number of amides is 1. The van der Waals surface area contributed by atoms with Crippen LogP contribution in [0.3, 0.4) is 0 Å². The van der Waals surface area contributed by atoms with Gasteiger partial charge in [-0.1, -0.05) is 11.6 Å². The Morgan fingerprint density at radius 2 is 2.17 bits per heavy atom.